The monoisotopic (exact) mass is 547 g/mol. The van der Waals surface area contributed by atoms with E-state index >= 15 is 0 Å². The standard InChI is InChI=1S/C32H33N7O2/c33-20-29(40)23-37-12-14-39(15-13-37)28-10-8-27(9-11-28)35-32-34-21-26-2-1-3-30(31(26)36-32)25-6-4-24(5-7-25)22-38-16-18-41-19-17-38/h1-11,21H,12-19,22-23H2,(H,34,35,36). The van der Waals surface area contributed by atoms with Gasteiger partial charge in [0.15, 0.2) is 0 Å². The number of ether oxygens (including phenoxy) is 1. The summed E-state index contributed by atoms with van der Waals surface area (Å²) >= 11 is 0. The minimum Gasteiger partial charge on any atom is -0.379 e. The van der Waals surface area contributed by atoms with Crippen LogP contribution in [0.5, 0.6) is 0 Å². The second kappa shape index (κ2) is 12.4. The first-order valence-corrected chi connectivity index (χ1v) is 14.1. The number of nitrogens with zero attached hydrogens (tertiary/aromatic N) is 6. The predicted octanol–water partition coefficient (Wildman–Crippen LogP) is 4.09. The van der Waals surface area contributed by atoms with Crippen LogP contribution in [0.2, 0.25) is 0 Å². The van der Waals surface area contributed by atoms with E-state index < -0.39 is 0 Å². The van der Waals surface area contributed by atoms with E-state index in [0.717, 1.165) is 92.4 Å². The smallest absolute Gasteiger partial charge is 0.245 e. The van der Waals surface area contributed by atoms with Gasteiger partial charge in [-0.15, -0.1) is 0 Å². The van der Waals surface area contributed by atoms with Crippen molar-refractivity contribution in [2.75, 3.05) is 69.2 Å². The molecule has 0 amide bonds. The number of nitrogens with one attached hydrogen (secondary N) is 1. The molecule has 0 atom stereocenters. The van der Waals surface area contributed by atoms with Crippen LogP contribution in [0.25, 0.3) is 22.0 Å². The maximum Gasteiger partial charge on any atom is 0.245 e. The largest absolute Gasteiger partial charge is 0.379 e. The summed E-state index contributed by atoms with van der Waals surface area (Å²) in [4.78, 5) is 27.6. The van der Waals surface area contributed by atoms with E-state index in [4.69, 9.17) is 15.0 Å². The number of hydrogen-bond acceptors (Lipinski definition) is 9. The van der Waals surface area contributed by atoms with Gasteiger partial charge >= 0.3 is 0 Å². The number of Topliss-reactive ketones (excluding diaryl/α,β-unsaturated/α-hetero) is 1. The number of morpholine rings is 1. The Hall–Kier alpha value is -4.36. The fraction of sp³-hybridized carbons (Fsp3) is 0.312. The van der Waals surface area contributed by atoms with Crippen molar-refractivity contribution < 1.29 is 9.53 Å². The Kier molecular flexibility index (Phi) is 8.14. The highest BCUT2D eigenvalue weighted by molar-refractivity contribution is 5.95. The van der Waals surface area contributed by atoms with Crippen LogP contribution in [0, 0.1) is 11.3 Å². The lowest BCUT2D eigenvalue weighted by atomic mass is 10.0. The fourth-order valence-corrected chi connectivity index (χ4v) is 5.44. The summed E-state index contributed by atoms with van der Waals surface area (Å²) < 4.78 is 5.47. The minimum atomic E-state index is -0.380. The number of ketones is 1. The van der Waals surface area contributed by atoms with Gasteiger partial charge in [-0.25, -0.2) is 9.97 Å². The van der Waals surface area contributed by atoms with Gasteiger partial charge in [0.25, 0.3) is 0 Å². The maximum absolute atomic E-state index is 11.4. The Morgan fingerprint density at radius 1 is 0.902 bits per heavy atom. The average Bonchev–Trinajstić information content (AvgIpc) is 3.02. The van der Waals surface area contributed by atoms with Crippen LogP contribution >= 0.6 is 0 Å². The van der Waals surface area contributed by atoms with Gasteiger partial charge in [-0.2, -0.15) is 5.26 Å². The minimum absolute atomic E-state index is 0.209. The van der Waals surface area contributed by atoms with Crippen LogP contribution < -0.4 is 10.2 Å². The zero-order valence-corrected chi connectivity index (χ0v) is 23.0. The van der Waals surface area contributed by atoms with Crippen molar-refractivity contribution in [3.05, 3.63) is 78.5 Å². The normalized spacial score (nSPS) is 16.4. The van der Waals surface area contributed by atoms with E-state index in [-0.39, 0.29) is 12.3 Å². The van der Waals surface area contributed by atoms with E-state index in [1.807, 2.05) is 29.3 Å². The van der Waals surface area contributed by atoms with Crippen molar-refractivity contribution in [3.63, 3.8) is 0 Å². The van der Waals surface area contributed by atoms with Crippen molar-refractivity contribution in [1.82, 2.24) is 19.8 Å². The lowest BCUT2D eigenvalue weighted by molar-refractivity contribution is -0.115. The molecule has 2 saturated heterocycles. The maximum atomic E-state index is 11.4. The number of fused-ring (bicyclic) bond motifs is 1. The molecule has 0 aliphatic carbocycles. The van der Waals surface area contributed by atoms with Crippen molar-refractivity contribution in [2.24, 2.45) is 0 Å². The second-order valence-corrected chi connectivity index (χ2v) is 10.5. The van der Waals surface area contributed by atoms with Gasteiger partial charge in [-0.3, -0.25) is 14.6 Å². The number of carbonyl (C=O) groups excluding carboxylic acids is 1. The number of nitriles is 1. The molecule has 3 aromatic carbocycles. The molecule has 2 fully saturated rings. The lowest BCUT2D eigenvalue weighted by Crippen LogP contribution is -2.47. The van der Waals surface area contributed by atoms with Crippen LogP contribution in [0.4, 0.5) is 17.3 Å². The van der Waals surface area contributed by atoms with E-state index in [2.05, 4.69) is 68.6 Å². The highest BCUT2D eigenvalue weighted by Gasteiger charge is 2.19. The zero-order chi connectivity index (χ0) is 28.0. The molecule has 41 heavy (non-hydrogen) atoms. The summed E-state index contributed by atoms with van der Waals surface area (Å²) in [6.45, 7) is 7.87. The first-order chi connectivity index (χ1) is 20.1. The number of aromatic nitrogens is 2. The van der Waals surface area contributed by atoms with Crippen LogP contribution in [0.1, 0.15) is 5.56 Å². The molecule has 0 spiro atoms. The number of anilines is 3. The van der Waals surface area contributed by atoms with Crippen molar-refractivity contribution in [3.8, 4) is 17.2 Å². The topological polar surface area (TPSA) is 97.6 Å². The van der Waals surface area contributed by atoms with E-state index in [1.165, 1.54) is 5.56 Å². The molecule has 208 valence electrons. The third-order valence-electron chi connectivity index (χ3n) is 7.74. The lowest BCUT2D eigenvalue weighted by Gasteiger charge is -2.35. The molecule has 3 heterocycles. The molecule has 0 bridgehead atoms. The molecule has 6 rings (SSSR count). The van der Waals surface area contributed by atoms with E-state index in [1.54, 1.807) is 6.07 Å². The van der Waals surface area contributed by atoms with Gasteiger partial charge < -0.3 is 15.0 Å². The second-order valence-electron chi connectivity index (χ2n) is 10.5. The van der Waals surface area contributed by atoms with Crippen LogP contribution in [-0.4, -0.2) is 84.6 Å². The van der Waals surface area contributed by atoms with E-state index in [9.17, 15) is 4.79 Å². The third-order valence-corrected chi connectivity index (χ3v) is 7.74. The molecule has 0 saturated carbocycles. The molecule has 1 N–H and O–H groups in total. The van der Waals surface area contributed by atoms with Gasteiger partial charge in [-0.1, -0.05) is 42.5 Å². The molecule has 2 aliphatic rings. The molecule has 1 aromatic heterocycles. The van der Waals surface area contributed by atoms with Gasteiger partial charge in [0.1, 0.15) is 6.07 Å². The van der Waals surface area contributed by atoms with Crippen LogP contribution in [0.3, 0.4) is 0 Å². The highest BCUT2D eigenvalue weighted by atomic mass is 16.5. The molecular formula is C32H33N7O2. The van der Waals surface area contributed by atoms with Crippen LogP contribution in [-0.2, 0) is 16.1 Å². The summed E-state index contributed by atoms with van der Waals surface area (Å²) in [6.07, 6.45) is 1.87. The summed E-state index contributed by atoms with van der Waals surface area (Å²) in [5, 5.41) is 13.1. The van der Waals surface area contributed by atoms with Crippen LogP contribution in [0.15, 0.2) is 72.9 Å². The number of rotatable bonds is 8. The zero-order valence-electron chi connectivity index (χ0n) is 23.0. The number of para-hydroxylation sites is 1. The molecular weight excluding hydrogens is 514 g/mol. The summed E-state index contributed by atoms with van der Waals surface area (Å²) in [7, 11) is 0. The number of benzene rings is 3. The Bertz CT molecular complexity index is 1540. The van der Waals surface area contributed by atoms with Crippen molar-refractivity contribution >= 4 is 34.0 Å². The SMILES string of the molecule is N#CC(=O)CN1CCN(c2ccc(Nc3ncc4cccc(-c5ccc(CN6CCOCC6)cc5)c4n3)cc2)CC1. The number of piperazine rings is 1. The molecule has 0 unspecified atom stereocenters. The Morgan fingerprint density at radius 3 is 2.39 bits per heavy atom. The highest BCUT2D eigenvalue weighted by Crippen LogP contribution is 2.29. The predicted molar refractivity (Wildman–Crippen MR) is 160 cm³/mol. The van der Waals surface area contributed by atoms with Gasteiger partial charge in [0, 0.05) is 74.3 Å². The van der Waals surface area contributed by atoms with Crippen molar-refractivity contribution in [2.45, 2.75) is 6.54 Å². The third kappa shape index (κ3) is 6.52. The first kappa shape index (κ1) is 26.8. The van der Waals surface area contributed by atoms with Gasteiger partial charge in [-0.05, 0) is 35.4 Å². The molecule has 9 heteroatoms. The summed E-state index contributed by atoms with van der Waals surface area (Å²) in [6, 6.07) is 24.9. The average molecular weight is 548 g/mol. The number of hydrogen-bond donors (Lipinski definition) is 1. The molecule has 4 aromatic rings. The molecule has 2 aliphatic heterocycles. The van der Waals surface area contributed by atoms with Crippen molar-refractivity contribution in [1.29, 1.82) is 5.26 Å². The summed E-state index contributed by atoms with van der Waals surface area (Å²) in [5.41, 5.74) is 6.46. The quantitative estimate of drug-likeness (QED) is 0.327. The molecule has 0 radical (unpaired) electrons. The number of carbonyl (C=O) groups is 1. The van der Waals surface area contributed by atoms with E-state index in [0.29, 0.717) is 5.95 Å². The first-order valence-electron chi connectivity index (χ1n) is 14.1. The Balaban J connectivity index is 1.13. The van der Waals surface area contributed by atoms with Gasteiger partial charge in [0.2, 0.25) is 11.7 Å². The molecule has 9 nitrogen and oxygen atoms in total. The Labute approximate surface area is 240 Å². The van der Waals surface area contributed by atoms with Gasteiger partial charge in [0.05, 0.1) is 25.3 Å². The Morgan fingerprint density at radius 2 is 1.66 bits per heavy atom. The summed E-state index contributed by atoms with van der Waals surface area (Å²) in [5.74, 6) is 0.173. The fourth-order valence-electron chi connectivity index (χ4n) is 5.44.